The Bertz CT molecular complexity index is 1320. The number of carbonyl (C=O) groups excluding carboxylic acids is 1. The van der Waals surface area contributed by atoms with E-state index in [0.717, 1.165) is 55.2 Å². The molecule has 0 atom stereocenters. The number of carbonyl (C=O) groups is 1. The maximum atomic E-state index is 12.9. The van der Waals surface area contributed by atoms with E-state index >= 15 is 0 Å². The number of amides is 1. The average molecular weight is 528 g/mol. The van der Waals surface area contributed by atoms with Crippen LogP contribution in [0.1, 0.15) is 21.5 Å². The molecule has 2 saturated heterocycles. The number of aromatic amines is 1. The van der Waals surface area contributed by atoms with E-state index < -0.39 is 0 Å². The molecule has 0 spiro atoms. The molecule has 0 saturated carbocycles. The highest BCUT2D eigenvalue weighted by molar-refractivity contribution is 5.97. The number of hydrogen-bond donors (Lipinski definition) is 2. The van der Waals surface area contributed by atoms with Crippen molar-refractivity contribution in [3.05, 3.63) is 71.4 Å². The highest BCUT2D eigenvalue weighted by atomic mass is 16.5. The van der Waals surface area contributed by atoms with E-state index in [1.54, 1.807) is 7.11 Å². The highest BCUT2D eigenvalue weighted by Crippen LogP contribution is 2.36. The number of hydrogen-bond acceptors (Lipinski definition) is 6. The van der Waals surface area contributed by atoms with Crippen molar-refractivity contribution in [1.82, 2.24) is 14.8 Å². The van der Waals surface area contributed by atoms with Crippen LogP contribution in [0.5, 0.6) is 0 Å². The SMILES string of the molecule is COCCOC1CN(C(=O)c2ccc(-c3c[nH]c4c3C=C(c3ccc(N5CCN(C)CC5)cc3)CN4)cc2)C1. The van der Waals surface area contributed by atoms with Gasteiger partial charge in [-0.25, -0.2) is 0 Å². The number of anilines is 2. The molecule has 0 unspecified atom stereocenters. The third kappa shape index (κ3) is 5.45. The van der Waals surface area contributed by atoms with Crippen molar-refractivity contribution in [1.29, 1.82) is 0 Å². The summed E-state index contributed by atoms with van der Waals surface area (Å²) in [6.45, 7) is 7.53. The summed E-state index contributed by atoms with van der Waals surface area (Å²) >= 11 is 0. The minimum absolute atomic E-state index is 0.0492. The van der Waals surface area contributed by atoms with Gasteiger partial charge in [0, 0.05) is 81.5 Å². The van der Waals surface area contributed by atoms with Crippen LogP contribution in [-0.2, 0) is 9.47 Å². The van der Waals surface area contributed by atoms with Crippen molar-refractivity contribution in [2.24, 2.45) is 0 Å². The Kier molecular flexibility index (Phi) is 7.41. The second kappa shape index (κ2) is 11.3. The van der Waals surface area contributed by atoms with Gasteiger partial charge in [0.05, 0.1) is 19.3 Å². The van der Waals surface area contributed by atoms with Crippen LogP contribution in [0.25, 0.3) is 22.8 Å². The summed E-state index contributed by atoms with van der Waals surface area (Å²) in [4.78, 5) is 22.9. The molecule has 1 amide bonds. The Morgan fingerprint density at radius 1 is 0.949 bits per heavy atom. The number of nitrogens with zero attached hydrogens (tertiary/aromatic N) is 3. The first-order valence-corrected chi connectivity index (χ1v) is 13.8. The van der Waals surface area contributed by atoms with Gasteiger partial charge in [0.15, 0.2) is 0 Å². The summed E-state index contributed by atoms with van der Waals surface area (Å²) in [5, 5.41) is 3.55. The zero-order valence-electron chi connectivity index (χ0n) is 22.8. The number of ether oxygens (including phenoxy) is 2. The number of fused-ring (bicyclic) bond motifs is 1. The van der Waals surface area contributed by atoms with E-state index in [1.807, 2.05) is 35.4 Å². The number of rotatable bonds is 8. The molecule has 39 heavy (non-hydrogen) atoms. The minimum atomic E-state index is 0.0492. The molecule has 0 aliphatic carbocycles. The lowest BCUT2D eigenvalue weighted by Crippen LogP contribution is -2.55. The first-order chi connectivity index (χ1) is 19.1. The predicted molar refractivity (Wildman–Crippen MR) is 156 cm³/mol. The Hall–Kier alpha value is -3.59. The predicted octanol–water partition coefficient (Wildman–Crippen LogP) is 3.89. The maximum absolute atomic E-state index is 12.9. The summed E-state index contributed by atoms with van der Waals surface area (Å²) < 4.78 is 10.7. The van der Waals surface area contributed by atoms with Crippen molar-refractivity contribution in [2.45, 2.75) is 6.10 Å². The third-order valence-electron chi connectivity index (χ3n) is 8.02. The molecule has 1 aromatic heterocycles. The minimum Gasteiger partial charge on any atom is -0.382 e. The number of H-pyrrole nitrogens is 1. The van der Waals surface area contributed by atoms with Crippen LogP contribution in [0, 0.1) is 0 Å². The Morgan fingerprint density at radius 2 is 1.67 bits per heavy atom. The Morgan fingerprint density at radius 3 is 2.38 bits per heavy atom. The molecular formula is C31H37N5O3. The van der Waals surface area contributed by atoms with Gasteiger partial charge >= 0.3 is 0 Å². The Balaban J connectivity index is 1.13. The van der Waals surface area contributed by atoms with Crippen LogP contribution in [0.4, 0.5) is 11.5 Å². The van der Waals surface area contributed by atoms with E-state index in [9.17, 15) is 4.79 Å². The molecule has 8 heteroatoms. The zero-order chi connectivity index (χ0) is 26.8. The fourth-order valence-corrected chi connectivity index (χ4v) is 5.50. The normalized spacial score (nSPS) is 17.8. The molecule has 0 bridgehead atoms. The van der Waals surface area contributed by atoms with E-state index in [1.165, 1.54) is 16.8 Å². The van der Waals surface area contributed by atoms with Crippen molar-refractivity contribution in [2.75, 3.05) is 83.4 Å². The molecule has 3 aliphatic rings. The quantitative estimate of drug-likeness (QED) is 0.433. The van der Waals surface area contributed by atoms with Crippen molar-refractivity contribution < 1.29 is 14.3 Å². The standard InChI is InChI=1S/C31H37N5O3/c1-34-11-13-35(14-12-34)26-9-7-22(8-10-26)25-17-28-29(19-33-30(28)32-18-25)23-3-5-24(6-4-23)31(37)36-20-27(21-36)39-16-15-38-2/h3-10,17,19,27,32-33H,11-16,18,20-21H2,1-2H3. The third-order valence-corrected chi connectivity index (χ3v) is 8.02. The molecule has 2 aromatic carbocycles. The first-order valence-electron chi connectivity index (χ1n) is 13.8. The molecule has 4 heterocycles. The van der Waals surface area contributed by atoms with Crippen molar-refractivity contribution >= 4 is 29.1 Å². The molecular weight excluding hydrogens is 490 g/mol. The highest BCUT2D eigenvalue weighted by Gasteiger charge is 2.31. The number of likely N-dealkylation sites (tertiary alicyclic amines) is 1. The lowest BCUT2D eigenvalue weighted by molar-refractivity contribution is -0.0554. The lowest BCUT2D eigenvalue weighted by Gasteiger charge is -2.38. The van der Waals surface area contributed by atoms with Gasteiger partial charge in [-0.3, -0.25) is 4.79 Å². The van der Waals surface area contributed by atoms with Gasteiger partial charge < -0.3 is 34.5 Å². The van der Waals surface area contributed by atoms with Crippen molar-refractivity contribution in [3.63, 3.8) is 0 Å². The topological polar surface area (TPSA) is 73.1 Å². The number of methoxy groups -OCH3 is 1. The zero-order valence-corrected chi connectivity index (χ0v) is 22.8. The van der Waals surface area contributed by atoms with E-state index in [0.29, 0.717) is 31.9 Å². The molecule has 204 valence electrons. The molecule has 3 aromatic rings. The summed E-state index contributed by atoms with van der Waals surface area (Å²) in [6.07, 6.45) is 4.43. The number of benzene rings is 2. The number of aromatic nitrogens is 1. The summed E-state index contributed by atoms with van der Waals surface area (Å²) in [6, 6.07) is 16.9. The Labute approximate surface area is 230 Å². The van der Waals surface area contributed by atoms with Crippen LogP contribution in [-0.4, -0.2) is 100.0 Å². The molecule has 3 aliphatic heterocycles. The van der Waals surface area contributed by atoms with Gasteiger partial charge in [0.2, 0.25) is 0 Å². The monoisotopic (exact) mass is 527 g/mol. The van der Waals surface area contributed by atoms with Crippen LogP contribution in [0.2, 0.25) is 0 Å². The largest absolute Gasteiger partial charge is 0.382 e. The number of nitrogens with one attached hydrogen (secondary N) is 2. The number of likely N-dealkylation sites (N-methyl/N-ethyl adjacent to an activating group) is 1. The van der Waals surface area contributed by atoms with Crippen LogP contribution >= 0.6 is 0 Å². The molecule has 0 radical (unpaired) electrons. The maximum Gasteiger partial charge on any atom is 0.254 e. The number of piperazine rings is 1. The smallest absolute Gasteiger partial charge is 0.254 e. The van der Waals surface area contributed by atoms with Crippen LogP contribution in [0.15, 0.2) is 54.7 Å². The van der Waals surface area contributed by atoms with E-state index in [4.69, 9.17) is 9.47 Å². The molecule has 2 N–H and O–H groups in total. The van der Waals surface area contributed by atoms with Crippen LogP contribution < -0.4 is 10.2 Å². The first kappa shape index (κ1) is 25.7. The van der Waals surface area contributed by atoms with Gasteiger partial charge in [-0.15, -0.1) is 0 Å². The average Bonchev–Trinajstić information content (AvgIpc) is 3.38. The van der Waals surface area contributed by atoms with Gasteiger partial charge in [-0.1, -0.05) is 24.3 Å². The van der Waals surface area contributed by atoms with Crippen molar-refractivity contribution in [3.8, 4) is 11.1 Å². The van der Waals surface area contributed by atoms with E-state index in [-0.39, 0.29) is 12.0 Å². The van der Waals surface area contributed by atoms with Gasteiger partial charge in [0.25, 0.3) is 5.91 Å². The second-order valence-electron chi connectivity index (χ2n) is 10.6. The summed E-state index contributed by atoms with van der Waals surface area (Å²) in [5.74, 6) is 1.08. The second-order valence-corrected chi connectivity index (χ2v) is 10.6. The fraction of sp³-hybridized carbons (Fsp3) is 0.387. The summed E-state index contributed by atoms with van der Waals surface area (Å²) in [7, 11) is 3.84. The van der Waals surface area contributed by atoms with E-state index in [2.05, 4.69) is 57.5 Å². The molecule has 2 fully saturated rings. The van der Waals surface area contributed by atoms with Crippen LogP contribution in [0.3, 0.4) is 0 Å². The fourth-order valence-electron chi connectivity index (χ4n) is 5.50. The van der Waals surface area contributed by atoms with Gasteiger partial charge in [-0.05, 0) is 54.1 Å². The molecule has 8 nitrogen and oxygen atoms in total. The summed E-state index contributed by atoms with van der Waals surface area (Å²) in [5.41, 5.74) is 7.85. The van der Waals surface area contributed by atoms with Gasteiger partial charge in [0.1, 0.15) is 5.82 Å². The lowest BCUT2D eigenvalue weighted by atomic mass is 9.96. The molecule has 6 rings (SSSR count). The van der Waals surface area contributed by atoms with Gasteiger partial charge in [-0.2, -0.15) is 0 Å².